The zero-order valence-corrected chi connectivity index (χ0v) is 44.1. The molecule has 0 bridgehead atoms. The van der Waals surface area contributed by atoms with Crippen molar-refractivity contribution in [2.24, 2.45) is 0 Å². The molecular formula is C66H46BrFN10O2. The Kier molecular flexibility index (Phi) is 12.5. The molecular weight excluding hydrogens is 1060 g/mol. The fourth-order valence-electron chi connectivity index (χ4n) is 10.9. The van der Waals surface area contributed by atoms with Crippen LogP contribution in [0.2, 0.25) is 0 Å². The number of hydrogen-bond acceptors (Lipinski definition) is 5. The molecule has 8 aromatic carbocycles. The van der Waals surface area contributed by atoms with Crippen LogP contribution < -0.4 is 11.4 Å². The molecule has 80 heavy (non-hydrogen) atoms. The van der Waals surface area contributed by atoms with Gasteiger partial charge in [-0.1, -0.05) is 152 Å². The Hall–Kier alpha value is -10.4. The number of hydrogen-bond donors (Lipinski definition) is 2. The molecule has 0 atom stereocenters. The van der Waals surface area contributed by atoms with E-state index in [1.807, 2.05) is 127 Å². The minimum Gasteiger partial charge on any atom is -0.306 e. The van der Waals surface area contributed by atoms with E-state index in [2.05, 4.69) is 166 Å². The number of imidazole rings is 2. The molecule has 2 N–H and O–H groups in total. The fraction of sp³-hybridized carbons (Fsp3) is 0.0152. The first-order chi connectivity index (χ1) is 39.9. The molecule has 0 unspecified atom stereocenters. The van der Waals surface area contributed by atoms with Gasteiger partial charge < -0.3 is 9.97 Å². The minimum absolute atomic E-state index is 0.152. The van der Waals surface area contributed by atoms with Crippen molar-refractivity contribution >= 4 is 103 Å². The first-order valence-electron chi connectivity index (χ1n) is 26.4. The van der Waals surface area contributed by atoms with Gasteiger partial charge in [0.1, 0.15) is 33.7 Å². The van der Waals surface area contributed by atoms with E-state index in [4.69, 9.17) is 11.3 Å². The minimum atomic E-state index is -1.00. The smallest absolute Gasteiger partial charge is 0.306 e. The van der Waals surface area contributed by atoms with Gasteiger partial charge in [0.15, 0.2) is 0 Å². The lowest BCUT2D eigenvalue weighted by atomic mass is 10.2. The van der Waals surface area contributed by atoms with Gasteiger partial charge in [-0.05, 0) is 113 Å². The van der Waals surface area contributed by atoms with Crippen molar-refractivity contribution in [1.29, 1.82) is 0 Å². The third kappa shape index (κ3) is 8.51. The van der Waals surface area contributed by atoms with Crippen molar-refractivity contribution in [3.63, 3.8) is 0 Å². The largest absolute Gasteiger partial charge is 0.340 e. The van der Waals surface area contributed by atoms with E-state index in [0.29, 0.717) is 11.6 Å². The maximum Gasteiger partial charge on any atom is 0.340 e. The lowest BCUT2D eigenvalue weighted by molar-refractivity contribution is 0.636. The van der Waals surface area contributed by atoms with Gasteiger partial charge >= 0.3 is 11.4 Å². The Bertz CT molecular complexity index is 4730. The van der Waals surface area contributed by atoms with Gasteiger partial charge in [-0.2, -0.15) is 0 Å². The van der Waals surface area contributed by atoms with Gasteiger partial charge in [-0.15, -0.1) is 0 Å². The molecule has 0 amide bonds. The number of H-pyrrole nitrogens is 2. The highest BCUT2D eigenvalue weighted by molar-refractivity contribution is 9.10. The van der Waals surface area contributed by atoms with Crippen molar-refractivity contribution in [2.45, 2.75) is 0 Å². The Morgan fingerprint density at radius 1 is 0.338 bits per heavy atom. The summed E-state index contributed by atoms with van der Waals surface area (Å²) in [7, 11) is -1.00. The van der Waals surface area contributed by atoms with Gasteiger partial charge in [0.05, 0.1) is 63.7 Å². The fourth-order valence-corrected chi connectivity index (χ4v) is 11.3. The second-order valence-corrected chi connectivity index (χ2v) is 19.5. The molecule has 8 heterocycles. The maximum absolute atomic E-state index is 14.6. The number of para-hydroxylation sites is 10. The third-order valence-electron chi connectivity index (χ3n) is 14.2. The molecule has 0 saturated carbocycles. The van der Waals surface area contributed by atoms with E-state index in [0.717, 1.165) is 87.7 Å². The standard InChI is InChI=1S/C41H26N6O.C17H11BrN2.C7H6N2O.CH3F/c48-41-46(39-25-11-23-37(42-39)44-31-17-5-1-13-27(31)28-14-2-6-18-32(28)44)35-21-9-10-22-36(35)47(41)40-26-12-24-38(43-40)45-33-19-7-3-15-29(33)30-16-4-8-20-34(30)45;18-16-10-5-11-17(19-16)20-14-8-3-1-6-12(14)13-7-2-4-9-15(13)20;10-7-8-5-3-1-2-4-6(5)9-7;1-2/h1-26H;1-11H;1-4H,(H2,8,9,10);1H3/i;;;1D. The average molecular weight is 1110 g/mol. The van der Waals surface area contributed by atoms with Gasteiger partial charge in [-0.25, -0.2) is 33.7 Å². The number of nitrogens with one attached hydrogen (secondary N) is 2. The van der Waals surface area contributed by atoms with Gasteiger partial charge in [0, 0.05) is 32.3 Å². The van der Waals surface area contributed by atoms with E-state index in [9.17, 15) is 14.0 Å². The molecule has 14 heteroatoms. The number of nitrogens with zero attached hydrogens (tertiary/aromatic N) is 8. The Morgan fingerprint density at radius 3 is 0.900 bits per heavy atom. The van der Waals surface area contributed by atoms with E-state index >= 15 is 0 Å². The zero-order chi connectivity index (χ0) is 55.0. The molecule has 0 aliphatic heterocycles. The molecule has 0 radical (unpaired) electrons. The molecule has 0 saturated heterocycles. The van der Waals surface area contributed by atoms with Crippen LogP contribution in [0.1, 0.15) is 1.37 Å². The topological polar surface area (TPSA) is 129 Å². The molecule has 16 rings (SSSR count). The van der Waals surface area contributed by atoms with Crippen molar-refractivity contribution in [3.05, 3.63) is 274 Å². The average Bonchev–Trinajstić information content (AvgIpc) is 4.42. The number of aromatic nitrogens is 10. The summed E-state index contributed by atoms with van der Waals surface area (Å²) in [5.74, 6) is 3.47. The highest BCUT2D eigenvalue weighted by atomic mass is 79.9. The second kappa shape index (κ2) is 20.8. The summed E-state index contributed by atoms with van der Waals surface area (Å²) in [6.45, 7) is 0. The summed E-state index contributed by atoms with van der Waals surface area (Å²) >= 11 is 3.45. The molecule has 0 aliphatic carbocycles. The monoisotopic (exact) mass is 1110 g/mol. The van der Waals surface area contributed by atoms with Crippen LogP contribution >= 0.6 is 15.9 Å². The number of pyridine rings is 3. The van der Waals surface area contributed by atoms with Crippen LogP contribution in [0, 0.1) is 0 Å². The van der Waals surface area contributed by atoms with Crippen LogP contribution in [-0.2, 0) is 0 Å². The molecule has 0 spiro atoms. The van der Waals surface area contributed by atoms with Crippen LogP contribution in [0.15, 0.2) is 263 Å². The SMILES string of the molecule is Brc1cccc(-n2c3ccccc3c3ccccc32)n1.O=c1[nH]c2ccccc2[nH]1.O=c1n(-c2cccc(-n3c4ccccc4c4ccccc43)n2)c2ccccc2n1-c1cccc(-n2c3ccccc3c3ccccc32)n1.[2H]CF. The number of rotatable bonds is 5. The highest BCUT2D eigenvalue weighted by Gasteiger charge is 2.21. The van der Waals surface area contributed by atoms with Gasteiger partial charge in [0.25, 0.3) is 0 Å². The van der Waals surface area contributed by atoms with Crippen LogP contribution in [0.4, 0.5) is 4.39 Å². The molecule has 16 aromatic rings. The summed E-state index contributed by atoms with van der Waals surface area (Å²) in [5.41, 5.74) is 9.41. The summed E-state index contributed by atoms with van der Waals surface area (Å²) in [5, 5.41) is 7.13. The van der Waals surface area contributed by atoms with E-state index < -0.39 is 7.15 Å². The van der Waals surface area contributed by atoms with E-state index in [-0.39, 0.29) is 11.4 Å². The number of alkyl halides is 1. The number of halogens is 2. The summed E-state index contributed by atoms with van der Waals surface area (Å²) in [4.78, 5) is 45.4. The van der Waals surface area contributed by atoms with Crippen molar-refractivity contribution in [1.82, 2.24) is 47.8 Å². The summed E-state index contributed by atoms with van der Waals surface area (Å²) in [6, 6.07) is 83.2. The van der Waals surface area contributed by atoms with Crippen LogP contribution in [0.25, 0.3) is 117 Å². The highest BCUT2D eigenvalue weighted by Crippen LogP contribution is 2.35. The third-order valence-corrected chi connectivity index (χ3v) is 14.6. The Labute approximate surface area is 465 Å². The Balaban J connectivity index is 0.000000152. The normalized spacial score (nSPS) is 11.4. The lowest BCUT2D eigenvalue weighted by Crippen LogP contribution is -2.23. The molecule has 386 valence electrons. The first kappa shape index (κ1) is 48.0. The van der Waals surface area contributed by atoms with Crippen LogP contribution in [-0.4, -0.2) is 54.9 Å². The lowest BCUT2D eigenvalue weighted by Gasteiger charge is -2.10. The molecule has 8 aromatic heterocycles. The van der Waals surface area contributed by atoms with E-state index in [1.54, 1.807) is 9.13 Å². The summed E-state index contributed by atoms with van der Waals surface area (Å²) < 4.78 is 26.2. The van der Waals surface area contributed by atoms with E-state index in [1.165, 1.54) is 21.8 Å². The predicted molar refractivity (Wildman–Crippen MR) is 325 cm³/mol. The molecule has 0 fully saturated rings. The number of benzene rings is 8. The molecule has 0 aliphatic rings. The number of aromatic amines is 2. The quantitative estimate of drug-likeness (QED) is 0.166. The zero-order valence-electron chi connectivity index (χ0n) is 43.5. The Morgan fingerprint density at radius 2 is 0.588 bits per heavy atom. The maximum atomic E-state index is 14.6. The van der Waals surface area contributed by atoms with Crippen molar-refractivity contribution in [2.75, 3.05) is 7.15 Å². The first-order valence-corrected chi connectivity index (χ1v) is 26.5. The summed E-state index contributed by atoms with van der Waals surface area (Å²) in [6.07, 6.45) is 0. The predicted octanol–water partition coefficient (Wildman–Crippen LogP) is 15.1. The number of fused-ring (bicyclic) bond motifs is 11. The van der Waals surface area contributed by atoms with Crippen molar-refractivity contribution in [3.8, 4) is 29.1 Å². The van der Waals surface area contributed by atoms with Gasteiger partial charge in [0.2, 0.25) is 0 Å². The van der Waals surface area contributed by atoms with Crippen molar-refractivity contribution < 1.29 is 5.76 Å². The van der Waals surface area contributed by atoms with Gasteiger partial charge in [-0.3, -0.25) is 18.1 Å². The molecule has 12 nitrogen and oxygen atoms in total. The van der Waals surface area contributed by atoms with Crippen LogP contribution in [0.3, 0.4) is 0 Å². The van der Waals surface area contributed by atoms with Crippen LogP contribution in [0.5, 0.6) is 0 Å². The second-order valence-electron chi connectivity index (χ2n) is 18.7.